The highest BCUT2D eigenvalue weighted by molar-refractivity contribution is 6.30. The van der Waals surface area contributed by atoms with E-state index in [2.05, 4.69) is 13.8 Å². The lowest BCUT2D eigenvalue weighted by atomic mass is 9.92. The van der Waals surface area contributed by atoms with Gasteiger partial charge < -0.3 is 5.11 Å². The second-order valence-corrected chi connectivity index (χ2v) is 5.27. The monoisotopic (exact) mass is 254 g/mol. The van der Waals surface area contributed by atoms with Crippen LogP contribution in [0.2, 0.25) is 5.02 Å². The Morgan fingerprint density at radius 3 is 2.29 bits per heavy atom. The third-order valence-electron chi connectivity index (χ3n) is 2.84. The van der Waals surface area contributed by atoms with Gasteiger partial charge in [0, 0.05) is 5.02 Å². The van der Waals surface area contributed by atoms with Crippen LogP contribution in [0.25, 0.3) is 0 Å². The minimum absolute atomic E-state index is 0.293. The molecule has 0 fully saturated rings. The zero-order valence-electron chi connectivity index (χ0n) is 10.3. The third-order valence-corrected chi connectivity index (χ3v) is 3.09. The molecule has 94 valence electrons. The smallest absolute Gasteiger partial charge is 0.306 e. The van der Waals surface area contributed by atoms with Gasteiger partial charge in [-0.1, -0.05) is 44.0 Å². The van der Waals surface area contributed by atoms with Crippen molar-refractivity contribution in [1.29, 1.82) is 0 Å². The molecule has 0 aliphatic heterocycles. The summed E-state index contributed by atoms with van der Waals surface area (Å²) in [6, 6.07) is 7.40. The Bertz CT molecular complexity index is 357. The van der Waals surface area contributed by atoms with Gasteiger partial charge in [0.25, 0.3) is 0 Å². The van der Waals surface area contributed by atoms with Gasteiger partial charge in [-0.3, -0.25) is 4.79 Å². The van der Waals surface area contributed by atoms with Crippen molar-refractivity contribution in [2.75, 3.05) is 0 Å². The van der Waals surface area contributed by atoms with Gasteiger partial charge in [-0.15, -0.1) is 0 Å². The van der Waals surface area contributed by atoms with Crippen molar-refractivity contribution in [3.05, 3.63) is 34.9 Å². The van der Waals surface area contributed by atoms with Gasteiger partial charge in [-0.05, 0) is 36.5 Å². The first-order valence-electron chi connectivity index (χ1n) is 5.96. The summed E-state index contributed by atoms with van der Waals surface area (Å²) in [4.78, 5) is 11.2. The minimum atomic E-state index is -0.708. The van der Waals surface area contributed by atoms with Crippen molar-refractivity contribution in [1.82, 2.24) is 0 Å². The molecule has 1 aromatic rings. The number of halogens is 1. The van der Waals surface area contributed by atoms with Crippen molar-refractivity contribution < 1.29 is 9.90 Å². The lowest BCUT2D eigenvalue weighted by Crippen LogP contribution is -2.17. The van der Waals surface area contributed by atoms with Crippen LogP contribution in [-0.4, -0.2) is 11.1 Å². The Kier molecular flexibility index (Phi) is 5.49. The average molecular weight is 255 g/mol. The third kappa shape index (κ3) is 5.22. The van der Waals surface area contributed by atoms with E-state index in [1.165, 1.54) is 0 Å². The van der Waals surface area contributed by atoms with Crippen LogP contribution in [0.1, 0.15) is 32.3 Å². The molecule has 0 aliphatic carbocycles. The molecule has 1 unspecified atom stereocenters. The minimum Gasteiger partial charge on any atom is -0.481 e. The molecule has 0 heterocycles. The summed E-state index contributed by atoms with van der Waals surface area (Å²) in [6.45, 7) is 4.22. The van der Waals surface area contributed by atoms with E-state index in [-0.39, 0.29) is 5.92 Å². The first-order chi connectivity index (χ1) is 7.99. The molecule has 1 aromatic carbocycles. The molecule has 1 atom stereocenters. The van der Waals surface area contributed by atoms with Crippen LogP contribution in [-0.2, 0) is 11.2 Å². The second-order valence-electron chi connectivity index (χ2n) is 4.84. The van der Waals surface area contributed by atoms with Crippen LogP contribution >= 0.6 is 11.6 Å². The first kappa shape index (κ1) is 14.0. The number of benzene rings is 1. The molecule has 0 amide bonds. The number of carboxylic acid groups (broad SMARTS) is 1. The Morgan fingerprint density at radius 2 is 1.82 bits per heavy atom. The van der Waals surface area contributed by atoms with E-state index in [0.29, 0.717) is 17.4 Å². The van der Waals surface area contributed by atoms with Crippen LogP contribution < -0.4 is 0 Å². The van der Waals surface area contributed by atoms with E-state index in [4.69, 9.17) is 11.6 Å². The van der Waals surface area contributed by atoms with Crippen LogP contribution in [0.3, 0.4) is 0 Å². The summed E-state index contributed by atoms with van der Waals surface area (Å²) < 4.78 is 0. The highest BCUT2D eigenvalue weighted by Gasteiger charge is 2.18. The highest BCUT2D eigenvalue weighted by atomic mass is 35.5. The summed E-state index contributed by atoms with van der Waals surface area (Å²) in [7, 11) is 0. The van der Waals surface area contributed by atoms with E-state index in [9.17, 15) is 9.90 Å². The Balaban J connectivity index is 2.60. The molecule has 2 nitrogen and oxygen atoms in total. The van der Waals surface area contributed by atoms with Crippen molar-refractivity contribution in [3.63, 3.8) is 0 Å². The van der Waals surface area contributed by atoms with Gasteiger partial charge in [0.05, 0.1) is 5.92 Å². The molecular formula is C14H19ClO2. The normalized spacial score (nSPS) is 12.7. The average Bonchev–Trinajstić information content (AvgIpc) is 2.26. The summed E-state index contributed by atoms with van der Waals surface area (Å²) in [5.74, 6) is -0.457. The Labute approximate surface area is 108 Å². The molecule has 1 rings (SSSR count). The summed E-state index contributed by atoms with van der Waals surface area (Å²) in [5.41, 5.74) is 1.03. The molecule has 0 bridgehead atoms. The highest BCUT2D eigenvalue weighted by Crippen LogP contribution is 2.19. The predicted molar refractivity (Wildman–Crippen MR) is 70.4 cm³/mol. The number of rotatable bonds is 6. The molecule has 0 saturated carbocycles. The van der Waals surface area contributed by atoms with E-state index < -0.39 is 5.97 Å². The molecule has 0 saturated heterocycles. The molecule has 17 heavy (non-hydrogen) atoms. The fraction of sp³-hybridized carbons (Fsp3) is 0.500. The SMILES string of the molecule is CC(C)CCC(Cc1ccc(Cl)cc1)C(=O)O. The number of hydrogen-bond donors (Lipinski definition) is 1. The van der Waals surface area contributed by atoms with Crippen molar-refractivity contribution >= 4 is 17.6 Å². The lowest BCUT2D eigenvalue weighted by molar-refractivity contribution is -0.142. The molecule has 1 N–H and O–H groups in total. The molecule has 3 heteroatoms. The fourth-order valence-electron chi connectivity index (χ4n) is 1.75. The number of carboxylic acids is 1. The van der Waals surface area contributed by atoms with Gasteiger partial charge >= 0.3 is 5.97 Å². The van der Waals surface area contributed by atoms with Gasteiger partial charge in [0.15, 0.2) is 0 Å². The van der Waals surface area contributed by atoms with Gasteiger partial charge in [-0.25, -0.2) is 0 Å². The fourth-order valence-corrected chi connectivity index (χ4v) is 1.88. The van der Waals surface area contributed by atoms with Crippen LogP contribution in [0, 0.1) is 11.8 Å². The molecule has 0 radical (unpaired) electrons. The zero-order valence-corrected chi connectivity index (χ0v) is 11.1. The summed E-state index contributed by atoms with van der Waals surface area (Å²) in [6.07, 6.45) is 2.26. The van der Waals surface area contributed by atoms with Crippen molar-refractivity contribution in [2.45, 2.75) is 33.1 Å². The van der Waals surface area contributed by atoms with Gasteiger partial charge in [0.1, 0.15) is 0 Å². The summed E-state index contributed by atoms with van der Waals surface area (Å²) in [5, 5.41) is 9.86. The summed E-state index contributed by atoms with van der Waals surface area (Å²) >= 11 is 5.80. The second kappa shape index (κ2) is 6.65. The van der Waals surface area contributed by atoms with Crippen LogP contribution in [0.15, 0.2) is 24.3 Å². The van der Waals surface area contributed by atoms with Crippen LogP contribution in [0.4, 0.5) is 0 Å². The maximum Gasteiger partial charge on any atom is 0.306 e. The van der Waals surface area contributed by atoms with Crippen molar-refractivity contribution in [3.8, 4) is 0 Å². The predicted octanol–water partition coefficient (Wildman–Crippen LogP) is 4.02. The largest absolute Gasteiger partial charge is 0.481 e. The van der Waals surface area contributed by atoms with E-state index in [1.54, 1.807) is 12.1 Å². The lowest BCUT2D eigenvalue weighted by Gasteiger charge is -2.13. The zero-order chi connectivity index (χ0) is 12.8. The van der Waals surface area contributed by atoms with Gasteiger partial charge in [-0.2, -0.15) is 0 Å². The Hall–Kier alpha value is -1.02. The van der Waals surface area contributed by atoms with E-state index in [0.717, 1.165) is 18.4 Å². The topological polar surface area (TPSA) is 37.3 Å². The van der Waals surface area contributed by atoms with E-state index >= 15 is 0 Å². The van der Waals surface area contributed by atoms with Crippen molar-refractivity contribution in [2.24, 2.45) is 11.8 Å². The number of hydrogen-bond acceptors (Lipinski definition) is 1. The molecular weight excluding hydrogens is 236 g/mol. The van der Waals surface area contributed by atoms with Gasteiger partial charge in [0.2, 0.25) is 0 Å². The van der Waals surface area contributed by atoms with E-state index in [1.807, 2.05) is 12.1 Å². The molecule has 0 spiro atoms. The maximum absolute atomic E-state index is 11.2. The number of carbonyl (C=O) groups is 1. The Morgan fingerprint density at radius 1 is 1.24 bits per heavy atom. The number of aliphatic carboxylic acids is 1. The first-order valence-corrected chi connectivity index (χ1v) is 6.34. The van der Waals surface area contributed by atoms with Crippen LogP contribution in [0.5, 0.6) is 0 Å². The molecule has 0 aliphatic rings. The maximum atomic E-state index is 11.2. The quantitative estimate of drug-likeness (QED) is 0.833. The standard InChI is InChI=1S/C14H19ClO2/c1-10(2)3-6-12(14(16)17)9-11-4-7-13(15)8-5-11/h4-5,7-8,10,12H,3,6,9H2,1-2H3,(H,16,17). The molecule has 0 aromatic heterocycles.